The van der Waals surface area contributed by atoms with E-state index in [9.17, 15) is 9.59 Å². The molecule has 1 aliphatic heterocycles. The van der Waals surface area contributed by atoms with Crippen molar-refractivity contribution in [3.63, 3.8) is 0 Å². The first kappa shape index (κ1) is 26.2. The number of nitrogens with one attached hydrogen (secondary N) is 1. The van der Waals surface area contributed by atoms with Gasteiger partial charge in [0.2, 0.25) is 0 Å². The number of hydrogen-bond donors (Lipinski definition) is 1. The molecule has 0 radical (unpaired) electrons. The SMILES string of the molecule is CCCCOC(=O)[C@H](Cc1ccc(B2OC(C)(C)C(C)(C)O2)cc1)NC(=O)OC(C)(C)C. The van der Waals surface area contributed by atoms with Crippen LogP contribution in [0.2, 0.25) is 0 Å². The lowest BCUT2D eigenvalue weighted by molar-refractivity contribution is -0.146. The summed E-state index contributed by atoms with van der Waals surface area (Å²) in [7, 11) is -0.455. The number of carbonyl (C=O) groups excluding carboxylic acids is 2. The fraction of sp³-hybridized carbons (Fsp3) is 0.667. The minimum atomic E-state index is -0.843. The van der Waals surface area contributed by atoms with Crippen LogP contribution in [0.5, 0.6) is 0 Å². The molecule has 0 bridgehead atoms. The third kappa shape index (κ3) is 7.24. The predicted molar refractivity (Wildman–Crippen MR) is 125 cm³/mol. The van der Waals surface area contributed by atoms with Crippen molar-refractivity contribution < 1.29 is 28.4 Å². The Balaban J connectivity index is 2.09. The van der Waals surface area contributed by atoms with Gasteiger partial charge in [0.15, 0.2) is 0 Å². The summed E-state index contributed by atoms with van der Waals surface area (Å²) in [6, 6.07) is 6.81. The average molecular weight is 447 g/mol. The molecule has 0 aromatic heterocycles. The van der Waals surface area contributed by atoms with Crippen molar-refractivity contribution in [1.29, 1.82) is 0 Å². The topological polar surface area (TPSA) is 83.1 Å². The Hall–Kier alpha value is -2.06. The van der Waals surface area contributed by atoms with E-state index in [1.54, 1.807) is 20.8 Å². The fourth-order valence-electron chi connectivity index (χ4n) is 3.09. The molecule has 1 fully saturated rings. The first-order valence-electron chi connectivity index (χ1n) is 11.3. The molecule has 7 nitrogen and oxygen atoms in total. The van der Waals surface area contributed by atoms with Crippen LogP contribution >= 0.6 is 0 Å². The van der Waals surface area contributed by atoms with Crippen LogP contribution < -0.4 is 10.8 Å². The third-order valence-corrected chi connectivity index (χ3v) is 5.66. The smallest absolute Gasteiger partial charge is 0.464 e. The van der Waals surface area contributed by atoms with E-state index in [-0.39, 0.29) is 6.42 Å². The molecule has 0 aliphatic carbocycles. The molecule has 0 unspecified atom stereocenters. The molecule has 1 atom stereocenters. The first-order valence-corrected chi connectivity index (χ1v) is 11.3. The predicted octanol–water partition coefficient (Wildman–Crippen LogP) is 3.76. The highest BCUT2D eigenvalue weighted by molar-refractivity contribution is 6.62. The van der Waals surface area contributed by atoms with Gasteiger partial charge in [0.25, 0.3) is 0 Å². The van der Waals surface area contributed by atoms with Gasteiger partial charge in [0.1, 0.15) is 11.6 Å². The maximum absolute atomic E-state index is 12.6. The van der Waals surface area contributed by atoms with Crippen LogP contribution in [0.25, 0.3) is 0 Å². The maximum atomic E-state index is 12.6. The van der Waals surface area contributed by atoms with Gasteiger partial charge in [0.05, 0.1) is 17.8 Å². The molecule has 1 N–H and O–H groups in total. The summed E-state index contributed by atoms with van der Waals surface area (Å²) in [6.45, 7) is 15.7. The van der Waals surface area contributed by atoms with Crippen LogP contribution in [-0.4, -0.2) is 48.6 Å². The van der Waals surface area contributed by atoms with E-state index >= 15 is 0 Å². The normalized spacial score (nSPS) is 18.2. The zero-order valence-electron chi connectivity index (χ0n) is 20.7. The summed E-state index contributed by atoms with van der Waals surface area (Å²) in [5.74, 6) is -0.473. The number of carbonyl (C=O) groups is 2. The number of alkyl carbamates (subject to hydrolysis) is 1. The van der Waals surface area contributed by atoms with Gasteiger partial charge in [-0.3, -0.25) is 0 Å². The Morgan fingerprint density at radius 2 is 1.62 bits per heavy atom. The largest absolute Gasteiger partial charge is 0.494 e. The van der Waals surface area contributed by atoms with Gasteiger partial charge in [-0.05, 0) is 65.9 Å². The Labute approximate surface area is 192 Å². The number of rotatable bonds is 8. The summed E-state index contributed by atoms with van der Waals surface area (Å²) in [5.41, 5.74) is 0.279. The molecular weight excluding hydrogens is 409 g/mol. The molecule has 1 heterocycles. The van der Waals surface area contributed by atoms with Crippen molar-refractivity contribution in [2.24, 2.45) is 0 Å². The zero-order chi connectivity index (χ0) is 24.2. The highest BCUT2D eigenvalue weighted by Gasteiger charge is 2.51. The lowest BCUT2D eigenvalue weighted by Crippen LogP contribution is -2.45. The highest BCUT2D eigenvalue weighted by Crippen LogP contribution is 2.36. The summed E-state index contributed by atoms with van der Waals surface area (Å²) >= 11 is 0. The van der Waals surface area contributed by atoms with E-state index in [1.165, 1.54) is 0 Å². The number of hydrogen-bond acceptors (Lipinski definition) is 6. The quantitative estimate of drug-likeness (QED) is 0.371. The van der Waals surface area contributed by atoms with Crippen LogP contribution in [0, 0.1) is 0 Å². The van der Waals surface area contributed by atoms with E-state index in [0.717, 1.165) is 23.9 Å². The lowest BCUT2D eigenvalue weighted by Gasteiger charge is -2.32. The summed E-state index contributed by atoms with van der Waals surface area (Å²) in [5, 5.41) is 2.65. The molecule has 1 aliphatic rings. The van der Waals surface area contributed by atoms with Crippen LogP contribution in [0.3, 0.4) is 0 Å². The second kappa shape index (κ2) is 10.3. The van der Waals surface area contributed by atoms with Gasteiger partial charge >= 0.3 is 19.2 Å². The molecule has 1 amide bonds. The number of benzene rings is 1. The molecule has 1 aromatic rings. The van der Waals surface area contributed by atoms with Crippen LogP contribution in [0.1, 0.15) is 73.8 Å². The van der Waals surface area contributed by atoms with Gasteiger partial charge < -0.3 is 24.1 Å². The second-order valence-corrected chi connectivity index (χ2v) is 10.3. The van der Waals surface area contributed by atoms with Crippen molar-refractivity contribution in [3.05, 3.63) is 29.8 Å². The van der Waals surface area contributed by atoms with E-state index in [2.05, 4.69) is 5.32 Å². The van der Waals surface area contributed by atoms with Crippen molar-refractivity contribution in [2.45, 2.75) is 97.5 Å². The van der Waals surface area contributed by atoms with Crippen molar-refractivity contribution in [1.82, 2.24) is 5.32 Å². The fourth-order valence-corrected chi connectivity index (χ4v) is 3.09. The van der Waals surface area contributed by atoms with Crippen molar-refractivity contribution in [2.75, 3.05) is 6.61 Å². The van der Waals surface area contributed by atoms with Gasteiger partial charge in [-0.25, -0.2) is 9.59 Å². The Kier molecular flexibility index (Phi) is 8.40. The van der Waals surface area contributed by atoms with E-state index < -0.39 is 42.0 Å². The first-order chi connectivity index (χ1) is 14.7. The molecule has 0 saturated carbocycles. The molecule has 1 aromatic carbocycles. The Morgan fingerprint density at radius 3 is 2.12 bits per heavy atom. The average Bonchev–Trinajstić information content (AvgIpc) is 2.87. The molecular formula is C24H38BNO6. The minimum Gasteiger partial charge on any atom is -0.464 e. The van der Waals surface area contributed by atoms with Crippen molar-refractivity contribution >= 4 is 24.6 Å². The minimum absolute atomic E-state index is 0.286. The molecule has 178 valence electrons. The Bertz CT molecular complexity index is 769. The van der Waals surface area contributed by atoms with E-state index in [1.807, 2.05) is 58.9 Å². The van der Waals surface area contributed by atoms with Crippen molar-refractivity contribution in [3.8, 4) is 0 Å². The number of ether oxygens (including phenoxy) is 2. The van der Waals surface area contributed by atoms with Crippen LogP contribution in [0.15, 0.2) is 24.3 Å². The van der Waals surface area contributed by atoms with E-state index in [4.69, 9.17) is 18.8 Å². The molecule has 1 saturated heterocycles. The van der Waals surface area contributed by atoms with Gasteiger partial charge in [0, 0.05) is 6.42 Å². The number of esters is 1. The summed E-state index contributed by atoms with van der Waals surface area (Å²) < 4.78 is 22.9. The molecule has 0 spiro atoms. The van der Waals surface area contributed by atoms with Gasteiger partial charge in [-0.15, -0.1) is 0 Å². The molecule has 32 heavy (non-hydrogen) atoms. The van der Waals surface area contributed by atoms with Crippen LogP contribution in [0.4, 0.5) is 4.79 Å². The highest BCUT2D eigenvalue weighted by atomic mass is 16.7. The monoisotopic (exact) mass is 447 g/mol. The van der Waals surface area contributed by atoms with Gasteiger partial charge in [-0.1, -0.05) is 37.6 Å². The third-order valence-electron chi connectivity index (χ3n) is 5.66. The zero-order valence-corrected chi connectivity index (χ0v) is 20.7. The standard InChI is InChI=1S/C24H38BNO6/c1-9-10-15-29-20(27)19(26-21(28)30-22(2,3)4)16-17-11-13-18(14-12-17)25-31-23(5,6)24(7,8)32-25/h11-14,19H,9-10,15-16H2,1-8H3,(H,26,28)/t19-/m0/s1. The number of unbranched alkanes of at least 4 members (excludes halogenated alkanes) is 1. The van der Waals surface area contributed by atoms with Gasteiger partial charge in [-0.2, -0.15) is 0 Å². The Morgan fingerprint density at radius 1 is 1.06 bits per heavy atom. The number of amides is 1. The maximum Gasteiger partial charge on any atom is 0.494 e. The molecule has 8 heteroatoms. The second-order valence-electron chi connectivity index (χ2n) is 10.3. The van der Waals surface area contributed by atoms with E-state index in [0.29, 0.717) is 6.61 Å². The summed E-state index contributed by atoms with van der Waals surface area (Å²) in [4.78, 5) is 24.9. The lowest BCUT2D eigenvalue weighted by atomic mass is 9.78. The molecule has 2 rings (SSSR count). The van der Waals surface area contributed by atoms with Crippen LogP contribution in [-0.2, 0) is 30.0 Å². The summed E-state index contributed by atoms with van der Waals surface area (Å²) in [6.07, 6.45) is 1.32.